The van der Waals surface area contributed by atoms with E-state index in [4.69, 9.17) is 10.5 Å². The third-order valence-electron chi connectivity index (χ3n) is 6.11. The quantitative estimate of drug-likeness (QED) is 0.282. The molecule has 1 amide bonds. The van der Waals surface area contributed by atoms with Gasteiger partial charge in [-0.1, -0.05) is 18.1 Å². The summed E-state index contributed by atoms with van der Waals surface area (Å²) in [5.74, 6) is 5.34. The smallest absolute Gasteiger partial charge is 0.406 e. The van der Waals surface area contributed by atoms with E-state index in [1.165, 1.54) is 13.2 Å². The molecule has 196 valence electrons. The fourth-order valence-electron chi connectivity index (χ4n) is 4.40. The molecule has 1 aromatic heterocycles. The van der Waals surface area contributed by atoms with Crippen LogP contribution in [0.15, 0.2) is 42.5 Å². The van der Waals surface area contributed by atoms with Crippen LogP contribution in [0.2, 0.25) is 0 Å². The van der Waals surface area contributed by atoms with Crippen LogP contribution >= 0.6 is 0 Å². The fourth-order valence-corrected chi connectivity index (χ4v) is 4.40. The van der Waals surface area contributed by atoms with Crippen molar-refractivity contribution in [1.82, 2.24) is 9.88 Å². The molecule has 0 aliphatic carbocycles. The topological polar surface area (TPSA) is 93.3 Å². The Labute approximate surface area is 211 Å². The van der Waals surface area contributed by atoms with Gasteiger partial charge in [0.1, 0.15) is 18.5 Å². The molecule has 3 aromatic rings. The molecule has 5 N–H and O–H groups in total. The molecule has 2 atom stereocenters. The minimum atomic E-state index is -4.48. The van der Waals surface area contributed by atoms with Crippen LogP contribution in [0.5, 0.6) is 5.75 Å². The minimum Gasteiger partial charge on any atom is -0.495 e. The number of piperidine rings is 1. The van der Waals surface area contributed by atoms with Crippen molar-refractivity contribution >= 4 is 28.2 Å². The number of primary amides is 1. The standard InChI is InChI=1S/C26H27F4N5O2/c1-37-23-9-2-6-17(25(31)36)24(23)33-11-4-5-16-13-18-20(34-21-10-12-32-14-19(21)27)7-3-8-22(18)35(16)15-26(28,29)30/h2-3,6-9,13,19,21,32-34H,10-12,14-15H2,1H3,(H2,31,36)/t19-,21+/m0/s1. The van der Waals surface area contributed by atoms with E-state index in [-0.39, 0.29) is 24.3 Å². The number of benzene rings is 2. The van der Waals surface area contributed by atoms with E-state index in [1.54, 1.807) is 36.4 Å². The van der Waals surface area contributed by atoms with Gasteiger partial charge in [0.2, 0.25) is 0 Å². The van der Waals surface area contributed by atoms with Gasteiger partial charge in [0.05, 0.1) is 42.2 Å². The molecule has 7 nitrogen and oxygen atoms in total. The van der Waals surface area contributed by atoms with Gasteiger partial charge in [0.15, 0.2) is 0 Å². The maximum atomic E-state index is 14.4. The van der Waals surface area contributed by atoms with E-state index >= 15 is 0 Å². The van der Waals surface area contributed by atoms with Crippen LogP contribution in [0.3, 0.4) is 0 Å². The summed E-state index contributed by atoms with van der Waals surface area (Å²) in [6, 6.07) is 10.9. The van der Waals surface area contributed by atoms with Crippen LogP contribution in [0.4, 0.5) is 28.9 Å². The second kappa shape index (κ2) is 11.0. The Morgan fingerprint density at radius 1 is 1.27 bits per heavy atom. The number of methoxy groups -OCH3 is 1. The molecule has 4 rings (SSSR count). The first-order valence-corrected chi connectivity index (χ1v) is 11.7. The molecule has 0 radical (unpaired) electrons. The highest BCUT2D eigenvalue weighted by atomic mass is 19.4. The Morgan fingerprint density at radius 3 is 2.76 bits per heavy atom. The summed E-state index contributed by atoms with van der Waals surface area (Å²) >= 11 is 0. The van der Waals surface area contributed by atoms with Crippen LogP contribution in [-0.4, -0.2) is 55.6 Å². The lowest BCUT2D eigenvalue weighted by atomic mass is 10.0. The van der Waals surface area contributed by atoms with Crippen molar-refractivity contribution in [2.75, 3.05) is 37.4 Å². The molecule has 37 heavy (non-hydrogen) atoms. The molecule has 0 saturated carbocycles. The minimum absolute atomic E-state index is 0.0118. The lowest BCUT2D eigenvalue weighted by molar-refractivity contribution is -0.140. The second-order valence-electron chi connectivity index (χ2n) is 8.63. The molecule has 11 heteroatoms. The van der Waals surface area contributed by atoms with Gasteiger partial charge in [-0.3, -0.25) is 4.79 Å². The number of ether oxygens (including phenoxy) is 1. The number of nitrogens with two attached hydrogens (primary N) is 1. The zero-order valence-corrected chi connectivity index (χ0v) is 20.1. The van der Waals surface area contributed by atoms with Gasteiger partial charge in [-0.05, 0) is 49.2 Å². The van der Waals surface area contributed by atoms with Crippen molar-refractivity contribution in [3.63, 3.8) is 0 Å². The summed E-state index contributed by atoms with van der Waals surface area (Å²) in [5, 5.41) is 9.64. The van der Waals surface area contributed by atoms with Crippen LogP contribution in [-0.2, 0) is 6.54 Å². The number of para-hydroxylation sites is 1. The number of carbonyl (C=O) groups excluding carboxylic acids is 1. The highest BCUT2D eigenvalue weighted by Gasteiger charge is 2.30. The van der Waals surface area contributed by atoms with E-state index in [2.05, 4.69) is 27.8 Å². The average Bonchev–Trinajstić information content (AvgIpc) is 3.19. The maximum Gasteiger partial charge on any atom is 0.406 e. The molecule has 2 aromatic carbocycles. The fraction of sp³-hybridized carbons (Fsp3) is 0.346. The number of fused-ring (bicyclic) bond motifs is 1. The summed E-state index contributed by atoms with van der Waals surface area (Å²) in [7, 11) is 1.44. The van der Waals surface area contributed by atoms with Crippen molar-refractivity contribution in [3.05, 3.63) is 53.7 Å². The van der Waals surface area contributed by atoms with Gasteiger partial charge in [0.25, 0.3) is 5.91 Å². The Bertz CT molecular complexity index is 1340. The number of aromatic nitrogens is 1. The Hall–Kier alpha value is -3.91. The average molecular weight is 518 g/mol. The summed E-state index contributed by atoms with van der Waals surface area (Å²) in [6.45, 7) is -0.348. The van der Waals surface area contributed by atoms with Gasteiger partial charge >= 0.3 is 6.18 Å². The van der Waals surface area contributed by atoms with E-state index in [0.29, 0.717) is 41.0 Å². The predicted octanol–water partition coefficient (Wildman–Crippen LogP) is 3.89. The first-order valence-electron chi connectivity index (χ1n) is 11.7. The third kappa shape index (κ3) is 6.09. The van der Waals surface area contributed by atoms with Gasteiger partial charge in [-0.15, -0.1) is 0 Å². The molecular weight excluding hydrogens is 490 g/mol. The van der Waals surface area contributed by atoms with Gasteiger partial charge in [0, 0.05) is 17.6 Å². The van der Waals surface area contributed by atoms with E-state index in [9.17, 15) is 22.4 Å². The van der Waals surface area contributed by atoms with E-state index in [0.717, 1.165) is 4.57 Å². The van der Waals surface area contributed by atoms with E-state index in [1.807, 2.05) is 0 Å². The number of carbonyl (C=O) groups is 1. The summed E-state index contributed by atoms with van der Waals surface area (Å²) < 4.78 is 61.1. The molecule has 0 bridgehead atoms. The largest absolute Gasteiger partial charge is 0.495 e. The molecule has 2 heterocycles. The second-order valence-corrected chi connectivity index (χ2v) is 8.63. The predicted molar refractivity (Wildman–Crippen MR) is 135 cm³/mol. The molecule has 1 fully saturated rings. The monoisotopic (exact) mass is 517 g/mol. The molecule has 1 aliphatic heterocycles. The van der Waals surface area contributed by atoms with Gasteiger partial charge in [-0.25, -0.2) is 4.39 Å². The summed E-state index contributed by atoms with van der Waals surface area (Å²) in [4.78, 5) is 11.8. The third-order valence-corrected chi connectivity index (χ3v) is 6.11. The number of hydrogen-bond acceptors (Lipinski definition) is 5. The first-order chi connectivity index (χ1) is 17.7. The van der Waals surface area contributed by atoms with Crippen molar-refractivity contribution in [2.24, 2.45) is 5.73 Å². The van der Waals surface area contributed by atoms with Crippen molar-refractivity contribution in [1.29, 1.82) is 0 Å². The van der Waals surface area contributed by atoms with Crippen molar-refractivity contribution in [3.8, 4) is 17.6 Å². The number of anilines is 2. The van der Waals surface area contributed by atoms with Crippen molar-refractivity contribution < 1.29 is 27.1 Å². The van der Waals surface area contributed by atoms with Gasteiger partial charge in [-0.2, -0.15) is 13.2 Å². The van der Waals surface area contributed by atoms with Gasteiger partial charge < -0.3 is 31.0 Å². The normalized spacial score (nSPS) is 17.6. The lowest BCUT2D eigenvalue weighted by Crippen LogP contribution is -2.45. The highest BCUT2D eigenvalue weighted by Crippen LogP contribution is 2.31. The first kappa shape index (κ1) is 26.2. The zero-order valence-electron chi connectivity index (χ0n) is 20.1. The SMILES string of the molecule is COc1cccc(C(N)=O)c1NCC#Cc1cc2c(N[C@@H]3CCNC[C@@H]3F)cccc2n1CC(F)(F)F. The Balaban J connectivity index is 1.65. The lowest BCUT2D eigenvalue weighted by Gasteiger charge is -2.28. The number of nitrogens with one attached hydrogen (secondary N) is 3. The molecular formula is C26H27F4N5O2. The zero-order chi connectivity index (χ0) is 26.6. The summed E-state index contributed by atoms with van der Waals surface area (Å²) in [5.41, 5.74) is 7.02. The van der Waals surface area contributed by atoms with E-state index < -0.39 is 30.8 Å². The number of hydrogen-bond donors (Lipinski definition) is 4. The number of nitrogens with zero attached hydrogens (tertiary/aromatic N) is 1. The number of amides is 1. The maximum absolute atomic E-state index is 14.4. The highest BCUT2D eigenvalue weighted by molar-refractivity contribution is 6.00. The number of alkyl halides is 4. The van der Waals surface area contributed by atoms with Crippen molar-refractivity contribution in [2.45, 2.75) is 31.4 Å². The number of rotatable bonds is 7. The molecule has 1 aliphatic rings. The van der Waals surface area contributed by atoms with Crippen LogP contribution < -0.4 is 26.4 Å². The molecule has 1 saturated heterocycles. The Morgan fingerprint density at radius 2 is 2.05 bits per heavy atom. The van der Waals surface area contributed by atoms with Crippen LogP contribution in [0, 0.1) is 11.8 Å². The Kier molecular flexibility index (Phi) is 7.78. The molecule has 0 unspecified atom stereocenters. The summed E-state index contributed by atoms with van der Waals surface area (Å²) in [6.07, 6.45) is -5.04. The van der Waals surface area contributed by atoms with Crippen LogP contribution in [0.25, 0.3) is 10.9 Å². The molecule has 0 spiro atoms. The van der Waals surface area contributed by atoms with Crippen LogP contribution in [0.1, 0.15) is 22.5 Å². The number of halogens is 4.